The molecule has 31 heavy (non-hydrogen) atoms. The summed E-state index contributed by atoms with van der Waals surface area (Å²) in [4.78, 5) is 0. The maximum Gasteiger partial charge on any atom is 0.176 e. The van der Waals surface area contributed by atoms with Gasteiger partial charge in [0.2, 0.25) is 0 Å². The van der Waals surface area contributed by atoms with Gasteiger partial charge in [-0.3, -0.25) is 0 Å². The topological polar surface area (TPSA) is 9.23 Å². The van der Waals surface area contributed by atoms with Gasteiger partial charge in [0.25, 0.3) is 0 Å². The molecule has 0 saturated carbocycles. The quantitative estimate of drug-likeness (QED) is 0.364. The number of rotatable bonds is 3. The molecule has 0 aromatic heterocycles. The minimum atomic E-state index is -1.72. The predicted octanol–water partition coefficient (Wildman–Crippen LogP) is 6.78. The lowest BCUT2D eigenvalue weighted by Crippen LogP contribution is -2.44. The van der Waals surface area contributed by atoms with E-state index < -0.39 is 16.9 Å². The van der Waals surface area contributed by atoms with Crippen molar-refractivity contribution in [2.24, 2.45) is 0 Å². The summed E-state index contributed by atoms with van der Waals surface area (Å²) in [5, 5.41) is 0. The van der Waals surface area contributed by atoms with Crippen LogP contribution in [-0.4, -0.2) is 0 Å². The lowest BCUT2D eigenvalue weighted by molar-refractivity contribution is -0.0839. The van der Waals surface area contributed by atoms with Crippen molar-refractivity contribution in [1.29, 1.82) is 0 Å². The second-order valence-electron chi connectivity index (χ2n) is 8.74. The highest BCUT2D eigenvalue weighted by Gasteiger charge is 2.74. The van der Waals surface area contributed by atoms with Crippen LogP contribution in [-0.2, 0) is 21.6 Å². The van der Waals surface area contributed by atoms with Gasteiger partial charge in [-0.1, -0.05) is 115 Å². The van der Waals surface area contributed by atoms with Crippen molar-refractivity contribution in [3.63, 3.8) is 0 Å². The number of hydrogen-bond acceptors (Lipinski definition) is 1. The average Bonchev–Trinajstić information content (AvgIpc) is 3.29. The Morgan fingerprint density at radius 2 is 1.23 bits per heavy atom. The van der Waals surface area contributed by atoms with Crippen molar-refractivity contribution in [3.05, 3.63) is 143 Å². The lowest BCUT2D eigenvalue weighted by Gasteiger charge is -2.41. The summed E-state index contributed by atoms with van der Waals surface area (Å²) in [6.45, 7) is 2.01. The summed E-state index contributed by atoms with van der Waals surface area (Å²) in [5.41, 5.74) is 1.76. The Morgan fingerprint density at radius 1 is 0.645 bits per heavy atom. The monoisotopic (exact) mass is 406 g/mol. The number of benzene rings is 4. The summed E-state index contributed by atoms with van der Waals surface area (Å²) in [6, 6.07) is 36.0. The molecule has 152 valence electrons. The van der Waals surface area contributed by atoms with Crippen molar-refractivity contribution in [3.8, 4) is 0 Å². The highest BCUT2D eigenvalue weighted by Crippen LogP contribution is 2.71. The smallest absolute Gasteiger partial charge is 0.176 e. The van der Waals surface area contributed by atoms with Gasteiger partial charge in [0.1, 0.15) is 5.60 Å². The molecule has 0 amide bonds. The van der Waals surface area contributed by atoms with E-state index in [1.54, 1.807) is 0 Å². The second kappa shape index (κ2) is 6.38. The molecular weight excluding hydrogens is 383 g/mol. The van der Waals surface area contributed by atoms with Gasteiger partial charge in [0, 0.05) is 6.42 Å². The number of hydrogen-bond donors (Lipinski definition) is 0. The van der Waals surface area contributed by atoms with Crippen LogP contribution in [0.5, 0.6) is 0 Å². The summed E-state index contributed by atoms with van der Waals surface area (Å²) in [7, 11) is 0. The normalized spacial score (nSPS) is 28.5. The molecule has 4 aromatic carbocycles. The van der Waals surface area contributed by atoms with Crippen LogP contribution in [0.1, 0.15) is 39.8 Å². The molecule has 2 aliphatic rings. The fraction of sp³-hybridized carbons (Fsp3) is 0.172. The summed E-state index contributed by atoms with van der Waals surface area (Å²) in [6.07, 6.45) is 0.235. The summed E-state index contributed by atoms with van der Waals surface area (Å²) >= 11 is 0. The molecule has 0 N–H and O–H groups in total. The first-order chi connectivity index (χ1) is 15.1. The van der Waals surface area contributed by atoms with Crippen molar-refractivity contribution in [2.45, 2.75) is 30.2 Å². The molecule has 0 unspecified atom stereocenters. The van der Waals surface area contributed by atoms with Crippen LogP contribution in [0.4, 0.5) is 4.39 Å². The van der Waals surface area contributed by atoms with Gasteiger partial charge in [0.15, 0.2) is 11.3 Å². The zero-order valence-electron chi connectivity index (χ0n) is 17.4. The van der Waals surface area contributed by atoms with E-state index in [2.05, 4.69) is 18.2 Å². The summed E-state index contributed by atoms with van der Waals surface area (Å²) < 4.78 is 24.8. The van der Waals surface area contributed by atoms with Crippen molar-refractivity contribution >= 4 is 0 Å². The highest BCUT2D eigenvalue weighted by molar-refractivity contribution is 5.60. The molecule has 1 fully saturated rings. The van der Waals surface area contributed by atoms with Crippen molar-refractivity contribution in [2.75, 3.05) is 0 Å². The van der Waals surface area contributed by atoms with E-state index in [-0.39, 0.29) is 6.42 Å². The third-order valence-corrected chi connectivity index (χ3v) is 7.02. The molecule has 0 aliphatic carbocycles. The van der Waals surface area contributed by atoms with E-state index in [1.807, 2.05) is 97.9 Å². The van der Waals surface area contributed by atoms with Crippen LogP contribution in [0.3, 0.4) is 0 Å². The zero-order valence-corrected chi connectivity index (χ0v) is 17.4. The zero-order chi connectivity index (χ0) is 21.1. The van der Waals surface area contributed by atoms with Crippen LogP contribution in [0.2, 0.25) is 0 Å². The first kappa shape index (κ1) is 18.5. The van der Waals surface area contributed by atoms with Crippen molar-refractivity contribution < 1.29 is 9.13 Å². The minimum Gasteiger partial charge on any atom is -0.346 e. The maximum absolute atomic E-state index is 17.7. The van der Waals surface area contributed by atoms with Gasteiger partial charge >= 0.3 is 0 Å². The van der Waals surface area contributed by atoms with Gasteiger partial charge < -0.3 is 4.74 Å². The number of alkyl halides is 1. The maximum atomic E-state index is 17.7. The molecule has 2 bridgehead atoms. The van der Waals surface area contributed by atoms with Crippen LogP contribution in [0, 0.1) is 6.92 Å². The molecule has 2 heterocycles. The first-order valence-electron chi connectivity index (χ1n) is 10.8. The van der Waals surface area contributed by atoms with Crippen LogP contribution < -0.4 is 0 Å². The largest absolute Gasteiger partial charge is 0.346 e. The first-order valence-corrected chi connectivity index (χ1v) is 10.8. The molecule has 1 nitrogen and oxygen atoms in total. The average molecular weight is 407 g/mol. The number of fused-ring (bicyclic) bond motifs is 5. The number of ether oxygens (including phenoxy) is 1. The Kier molecular flexibility index (Phi) is 3.82. The Balaban J connectivity index is 1.72. The van der Waals surface area contributed by atoms with Crippen LogP contribution in [0.15, 0.2) is 109 Å². The number of aryl methyl sites for hydroxylation is 1. The third kappa shape index (κ3) is 2.29. The van der Waals surface area contributed by atoms with Crippen LogP contribution in [0.25, 0.3) is 0 Å². The predicted molar refractivity (Wildman–Crippen MR) is 121 cm³/mol. The number of halogens is 1. The van der Waals surface area contributed by atoms with E-state index in [0.29, 0.717) is 5.56 Å². The van der Waals surface area contributed by atoms with E-state index in [0.717, 1.165) is 27.8 Å². The lowest BCUT2D eigenvalue weighted by atomic mass is 9.62. The van der Waals surface area contributed by atoms with E-state index in [1.165, 1.54) is 0 Å². The Labute approximate surface area is 182 Å². The van der Waals surface area contributed by atoms with Gasteiger partial charge in [-0.25, -0.2) is 4.39 Å². The van der Waals surface area contributed by atoms with Gasteiger partial charge in [-0.05, 0) is 34.7 Å². The Bertz CT molecular complexity index is 1270. The molecule has 2 aliphatic heterocycles. The standard InChI is InChI=1S/C29H23FO/c1-21-11-10-16-24(19-21)28(30)20-27(22-12-4-2-5-13-22)25-17-8-9-18-26(25)29(28,31-27)23-14-6-3-7-15-23/h2-19H,20H2,1H3/t27-,28-,29+/m1/s1. The molecule has 1 saturated heterocycles. The third-order valence-electron chi connectivity index (χ3n) is 7.02. The Hall–Kier alpha value is -3.23. The molecule has 4 aromatic rings. The van der Waals surface area contributed by atoms with Crippen molar-refractivity contribution in [1.82, 2.24) is 0 Å². The summed E-state index contributed by atoms with van der Waals surface area (Å²) in [5.74, 6) is 0. The SMILES string of the molecule is Cc1cccc([C@]2(F)C[C@]3(c4ccccc4)O[C@@]2(c2ccccc2)c2ccccc23)c1. The van der Waals surface area contributed by atoms with E-state index >= 15 is 4.39 Å². The Morgan fingerprint density at radius 3 is 1.90 bits per heavy atom. The van der Waals surface area contributed by atoms with E-state index in [4.69, 9.17) is 4.74 Å². The molecular formula is C29H23FO. The van der Waals surface area contributed by atoms with Gasteiger partial charge in [-0.2, -0.15) is 0 Å². The molecule has 0 radical (unpaired) electrons. The van der Waals surface area contributed by atoms with E-state index in [9.17, 15) is 0 Å². The second-order valence-corrected chi connectivity index (χ2v) is 8.74. The van der Waals surface area contributed by atoms with Gasteiger partial charge in [0.05, 0.1) is 0 Å². The molecule has 2 heteroatoms. The fourth-order valence-corrected chi connectivity index (χ4v) is 5.74. The fourth-order valence-electron chi connectivity index (χ4n) is 5.74. The molecule has 3 atom stereocenters. The molecule has 0 spiro atoms. The minimum absolute atomic E-state index is 0.235. The molecule has 6 rings (SSSR count). The highest BCUT2D eigenvalue weighted by atomic mass is 19.1. The van der Waals surface area contributed by atoms with Gasteiger partial charge in [-0.15, -0.1) is 0 Å². The van der Waals surface area contributed by atoms with Crippen LogP contribution >= 0.6 is 0 Å².